The van der Waals surface area contributed by atoms with Gasteiger partial charge in [-0.15, -0.1) is 11.3 Å². The van der Waals surface area contributed by atoms with E-state index < -0.39 is 6.04 Å². The van der Waals surface area contributed by atoms with Crippen LogP contribution in [-0.4, -0.2) is 68.1 Å². The summed E-state index contributed by atoms with van der Waals surface area (Å²) in [5.74, 6) is 0.955. The molecule has 0 spiro atoms. The standard InChI is InChI=1S/C42H57N5O3S/c1-8-9-10-11-12-26-50-35-21-19-32(20-22-35)30(2)28-44-39(43-6)33-17-15-31(16-18-33)27-36(40(48)45-29-34-14-13-25-47(34)7)46-41(49)37-23-24-38(51-37)42(3,4)5/h15-24,28,34,36H,6,8-14,25-27,29H2,1-5,7H3,(H,45,48)(H,46,49)/b30-28+,44-39?/t34-,36+/m1/s1. The number of likely N-dealkylation sites (tertiary alicyclic amines) is 1. The number of thiophene rings is 1. The number of unbranched alkanes of at least 4 members (excludes halogenated alkanes) is 4. The number of hydrogen-bond donors (Lipinski definition) is 2. The van der Waals surface area contributed by atoms with Crippen molar-refractivity contribution in [3.8, 4) is 5.75 Å². The number of amides is 2. The average molecular weight is 712 g/mol. The fraction of sp³-hybridized carbons (Fsp3) is 0.476. The zero-order chi connectivity index (χ0) is 36.8. The Morgan fingerprint density at radius 2 is 1.73 bits per heavy atom. The second-order valence-electron chi connectivity index (χ2n) is 14.6. The van der Waals surface area contributed by atoms with Gasteiger partial charge in [0.05, 0.1) is 11.5 Å². The quantitative estimate of drug-likeness (QED) is 0.0835. The monoisotopic (exact) mass is 711 g/mol. The first kappa shape index (κ1) is 39.7. The van der Waals surface area contributed by atoms with Crippen molar-refractivity contribution in [2.45, 2.75) is 103 Å². The summed E-state index contributed by atoms with van der Waals surface area (Å²) in [6, 6.07) is 19.3. The number of amidine groups is 1. The molecule has 1 aliphatic rings. The molecule has 2 amide bonds. The van der Waals surface area contributed by atoms with Crippen molar-refractivity contribution in [1.29, 1.82) is 0 Å². The lowest BCUT2D eigenvalue weighted by Gasteiger charge is -2.23. The van der Waals surface area contributed by atoms with E-state index in [9.17, 15) is 9.59 Å². The van der Waals surface area contributed by atoms with Gasteiger partial charge in [-0.1, -0.05) is 89.8 Å². The first-order chi connectivity index (χ1) is 24.5. The largest absolute Gasteiger partial charge is 0.494 e. The van der Waals surface area contributed by atoms with Crippen LogP contribution < -0.4 is 15.4 Å². The predicted octanol–water partition coefficient (Wildman–Crippen LogP) is 8.45. The Hall–Kier alpha value is -4.08. The van der Waals surface area contributed by atoms with E-state index in [1.54, 1.807) is 6.20 Å². The molecule has 0 saturated carbocycles. The first-order valence-electron chi connectivity index (χ1n) is 18.4. The molecule has 8 nitrogen and oxygen atoms in total. The molecular weight excluding hydrogens is 655 g/mol. The number of likely N-dealkylation sites (N-methyl/N-ethyl adjacent to an activating group) is 1. The Morgan fingerprint density at radius 1 is 1.02 bits per heavy atom. The van der Waals surface area contributed by atoms with Gasteiger partial charge in [0.25, 0.3) is 5.91 Å². The maximum absolute atomic E-state index is 13.5. The number of carbonyl (C=O) groups is 2. The number of nitrogens with one attached hydrogen (secondary N) is 2. The minimum Gasteiger partial charge on any atom is -0.494 e. The Morgan fingerprint density at radius 3 is 2.35 bits per heavy atom. The molecule has 4 rings (SSSR count). The van der Waals surface area contributed by atoms with E-state index in [2.05, 4.69) is 67.0 Å². The smallest absolute Gasteiger partial charge is 0.262 e. The van der Waals surface area contributed by atoms with E-state index in [1.165, 1.54) is 37.0 Å². The summed E-state index contributed by atoms with van der Waals surface area (Å²) < 4.78 is 5.91. The van der Waals surface area contributed by atoms with Crippen LogP contribution in [0.25, 0.3) is 5.57 Å². The average Bonchev–Trinajstić information content (AvgIpc) is 3.79. The molecule has 51 heavy (non-hydrogen) atoms. The molecule has 9 heteroatoms. The third-order valence-electron chi connectivity index (χ3n) is 9.38. The summed E-state index contributed by atoms with van der Waals surface area (Å²) in [7, 11) is 2.09. The topological polar surface area (TPSA) is 95.4 Å². The van der Waals surface area contributed by atoms with Gasteiger partial charge in [0, 0.05) is 35.6 Å². The third-order valence-corrected chi connectivity index (χ3v) is 10.9. The van der Waals surface area contributed by atoms with Crippen molar-refractivity contribution in [3.05, 3.63) is 93.3 Å². The van der Waals surface area contributed by atoms with Crippen molar-refractivity contribution >= 4 is 41.3 Å². The van der Waals surface area contributed by atoms with Gasteiger partial charge in [0.15, 0.2) is 5.84 Å². The van der Waals surface area contributed by atoms with Crippen LogP contribution in [0.15, 0.2) is 76.8 Å². The number of aliphatic imine (C=N–C) groups is 2. The fourth-order valence-electron chi connectivity index (χ4n) is 6.05. The summed E-state index contributed by atoms with van der Waals surface area (Å²) in [6.07, 6.45) is 10.4. The van der Waals surface area contributed by atoms with E-state index in [1.807, 2.05) is 67.6 Å². The van der Waals surface area contributed by atoms with Crippen molar-refractivity contribution in [1.82, 2.24) is 15.5 Å². The van der Waals surface area contributed by atoms with Crippen molar-refractivity contribution in [2.75, 3.05) is 26.7 Å². The summed E-state index contributed by atoms with van der Waals surface area (Å²) in [5, 5.41) is 6.14. The second kappa shape index (κ2) is 19.5. The van der Waals surface area contributed by atoms with Gasteiger partial charge in [-0.2, -0.15) is 0 Å². The SMILES string of the molecule is C=NC(=N/C=C(\C)c1ccc(OCCCCCCC)cc1)c1ccc(C[C@H](NC(=O)c2ccc(C(C)(C)C)s2)C(=O)NC[C@H]2CCCN2C)cc1. The van der Waals surface area contributed by atoms with Gasteiger partial charge in [-0.3, -0.25) is 9.59 Å². The predicted molar refractivity (Wildman–Crippen MR) is 214 cm³/mol. The minimum atomic E-state index is -0.728. The molecule has 2 N–H and O–H groups in total. The Bertz CT molecular complexity index is 1640. The molecule has 0 radical (unpaired) electrons. The van der Waals surface area contributed by atoms with E-state index in [-0.39, 0.29) is 17.2 Å². The third kappa shape index (κ3) is 12.3. The molecule has 2 heterocycles. The van der Waals surface area contributed by atoms with Gasteiger partial charge in [-0.05, 0) is 92.9 Å². The number of nitrogens with zero attached hydrogens (tertiary/aromatic N) is 3. The molecule has 2 atom stereocenters. The highest BCUT2D eigenvalue weighted by Crippen LogP contribution is 2.29. The lowest BCUT2D eigenvalue weighted by Crippen LogP contribution is -2.50. The van der Waals surface area contributed by atoms with Crippen LogP contribution >= 0.6 is 11.3 Å². The molecular formula is C42H57N5O3S. The summed E-state index contributed by atoms with van der Waals surface area (Å²) in [6.45, 7) is 16.7. The number of benzene rings is 2. The molecule has 1 saturated heterocycles. The normalized spacial score (nSPS) is 16.2. The van der Waals surface area contributed by atoms with Crippen LogP contribution in [0, 0.1) is 0 Å². The zero-order valence-corrected chi connectivity index (χ0v) is 32.3. The van der Waals surface area contributed by atoms with Gasteiger partial charge in [-0.25, -0.2) is 9.98 Å². The molecule has 1 aliphatic heterocycles. The molecule has 3 aromatic rings. The van der Waals surface area contributed by atoms with Gasteiger partial charge >= 0.3 is 0 Å². The number of carbonyl (C=O) groups excluding carboxylic acids is 2. The van der Waals surface area contributed by atoms with E-state index >= 15 is 0 Å². The van der Waals surface area contributed by atoms with Crippen LogP contribution in [0.3, 0.4) is 0 Å². The van der Waals surface area contributed by atoms with Gasteiger partial charge < -0.3 is 20.3 Å². The van der Waals surface area contributed by atoms with Crippen LogP contribution in [-0.2, 0) is 16.6 Å². The molecule has 1 fully saturated rings. The van der Waals surface area contributed by atoms with Crippen LogP contribution in [0.1, 0.15) is 111 Å². The highest BCUT2D eigenvalue weighted by molar-refractivity contribution is 7.14. The maximum Gasteiger partial charge on any atom is 0.262 e. The maximum atomic E-state index is 13.5. The van der Waals surface area contributed by atoms with Crippen molar-refractivity contribution in [2.24, 2.45) is 9.98 Å². The number of rotatable bonds is 17. The van der Waals surface area contributed by atoms with E-state index in [4.69, 9.17) is 4.74 Å². The second-order valence-corrected chi connectivity index (χ2v) is 15.7. The van der Waals surface area contributed by atoms with Crippen molar-refractivity contribution in [3.63, 3.8) is 0 Å². The number of ether oxygens (including phenoxy) is 1. The lowest BCUT2D eigenvalue weighted by molar-refractivity contribution is -0.123. The van der Waals surface area contributed by atoms with Crippen LogP contribution in [0.4, 0.5) is 0 Å². The van der Waals surface area contributed by atoms with Crippen LogP contribution in [0.5, 0.6) is 5.75 Å². The Labute approximate surface area is 309 Å². The number of hydrogen-bond acceptors (Lipinski definition) is 6. The summed E-state index contributed by atoms with van der Waals surface area (Å²) in [4.78, 5) is 39.8. The fourth-order valence-corrected chi connectivity index (χ4v) is 7.02. The van der Waals surface area contributed by atoms with E-state index in [0.29, 0.717) is 29.7 Å². The van der Waals surface area contributed by atoms with Crippen LogP contribution in [0.2, 0.25) is 0 Å². The summed E-state index contributed by atoms with van der Waals surface area (Å²) >= 11 is 1.47. The van der Waals surface area contributed by atoms with E-state index in [0.717, 1.165) is 65.3 Å². The lowest BCUT2D eigenvalue weighted by atomic mass is 9.95. The molecule has 0 bridgehead atoms. The molecule has 0 aliphatic carbocycles. The Kier molecular flexibility index (Phi) is 15.2. The number of allylic oxidation sites excluding steroid dienone is 1. The zero-order valence-electron chi connectivity index (χ0n) is 31.5. The highest BCUT2D eigenvalue weighted by atomic mass is 32.1. The summed E-state index contributed by atoms with van der Waals surface area (Å²) in [5.41, 5.74) is 3.71. The minimum absolute atomic E-state index is 0.0559. The highest BCUT2D eigenvalue weighted by Gasteiger charge is 2.27. The molecule has 1 aromatic heterocycles. The van der Waals surface area contributed by atoms with Gasteiger partial charge in [0.1, 0.15) is 11.8 Å². The van der Waals surface area contributed by atoms with Gasteiger partial charge in [0.2, 0.25) is 5.91 Å². The molecule has 2 aromatic carbocycles. The molecule has 0 unspecified atom stereocenters. The van der Waals surface area contributed by atoms with Crippen molar-refractivity contribution < 1.29 is 14.3 Å². The Balaban J connectivity index is 1.41. The first-order valence-corrected chi connectivity index (χ1v) is 19.2. The molecule has 274 valence electrons.